The summed E-state index contributed by atoms with van der Waals surface area (Å²) in [6.45, 7) is 11.9. The number of unbranched alkanes of at least 4 members (excludes halogenated alkanes) is 9. The zero-order valence-electron chi connectivity index (χ0n) is 29.0. The van der Waals surface area contributed by atoms with E-state index in [1.165, 1.54) is 96.3 Å². The van der Waals surface area contributed by atoms with Gasteiger partial charge in [-0.15, -0.1) is 0 Å². The van der Waals surface area contributed by atoms with Gasteiger partial charge in [0, 0.05) is 30.5 Å². The molecule has 0 atom stereocenters. The van der Waals surface area contributed by atoms with Crippen LogP contribution in [0.15, 0.2) is 0 Å². The second-order valence-electron chi connectivity index (χ2n) is 15.6. The number of nitrogens with one attached hydrogen (secondary N) is 1. The molecule has 0 aromatic rings. The number of carbonyl (C=O) groups is 2. The van der Waals surface area contributed by atoms with E-state index in [0.29, 0.717) is 26.0 Å². The van der Waals surface area contributed by atoms with Crippen molar-refractivity contribution in [3.63, 3.8) is 0 Å². The summed E-state index contributed by atoms with van der Waals surface area (Å²) in [5.41, 5.74) is -1.88. The molecule has 3 fully saturated rings. The van der Waals surface area contributed by atoms with Gasteiger partial charge in [-0.25, -0.2) is 0 Å². The van der Waals surface area contributed by atoms with Gasteiger partial charge in [-0.3, -0.25) is 9.59 Å². The molecule has 0 bridgehead atoms. The highest BCUT2D eigenvalue weighted by atomic mass is 16.6. The van der Waals surface area contributed by atoms with Gasteiger partial charge in [-0.05, 0) is 59.8 Å². The maximum atomic E-state index is 14.5. The Morgan fingerprint density at radius 1 is 0.744 bits per heavy atom. The van der Waals surface area contributed by atoms with Crippen molar-refractivity contribution < 1.29 is 19.1 Å². The molecule has 0 unspecified atom stereocenters. The summed E-state index contributed by atoms with van der Waals surface area (Å²) < 4.78 is 12.9. The van der Waals surface area contributed by atoms with Crippen LogP contribution in [0.5, 0.6) is 0 Å². The van der Waals surface area contributed by atoms with Gasteiger partial charge < -0.3 is 19.7 Å². The summed E-state index contributed by atoms with van der Waals surface area (Å²) in [6.07, 6.45) is 26.9. The predicted molar refractivity (Wildman–Crippen MR) is 177 cm³/mol. The molecule has 3 aliphatic rings. The number of hydrogen-bond acceptors (Lipinski definition) is 5. The van der Waals surface area contributed by atoms with Gasteiger partial charge in [-0.2, -0.15) is 0 Å². The summed E-state index contributed by atoms with van der Waals surface area (Å²) >= 11 is 0. The molecule has 2 heterocycles. The number of carbonyl (C=O) groups excluding carboxylic acids is 2. The third-order valence-electron chi connectivity index (χ3n) is 10.1. The fourth-order valence-electron chi connectivity index (χ4n) is 8.50. The molecule has 0 aromatic carbocycles. The molecule has 250 valence electrons. The molecular weight excluding hydrogens is 536 g/mol. The lowest BCUT2D eigenvalue weighted by atomic mass is 9.72. The van der Waals surface area contributed by atoms with Crippen LogP contribution in [-0.4, -0.2) is 52.3 Å². The molecule has 6 heteroatoms. The third kappa shape index (κ3) is 11.6. The lowest BCUT2D eigenvalue weighted by Gasteiger charge is -2.50. The summed E-state index contributed by atoms with van der Waals surface area (Å²) in [5, 5.41) is 3.75. The van der Waals surface area contributed by atoms with E-state index in [2.05, 4.69) is 39.9 Å². The lowest BCUT2D eigenvalue weighted by Crippen LogP contribution is -2.65. The van der Waals surface area contributed by atoms with Crippen LogP contribution in [0.2, 0.25) is 0 Å². The summed E-state index contributed by atoms with van der Waals surface area (Å²) in [5.74, 6) is -0.0799. The zero-order valence-corrected chi connectivity index (χ0v) is 29.0. The van der Waals surface area contributed by atoms with E-state index in [1.807, 2.05) is 4.90 Å². The Bertz CT molecular complexity index is 810. The largest absolute Gasteiger partial charge is 0.466 e. The second kappa shape index (κ2) is 17.5. The highest BCUT2D eigenvalue weighted by Gasteiger charge is 2.64. The molecule has 0 radical (unpaired) electrons. The van der Waals surface area contributed by atoms with E-state index in [4.69, 9.17) is 9.47 Å². The van der Waals surface area contributed by atoms with Crippen molar-refractivity contribution in [3.05, 3.63) is 0 Å². The monoisotopic (exact) mass is 605 g/mol. The van der Waals surface area contributed by atoms with Gasteiger partial charge in [0.05, 0.1) is 13.0 Å². The summed E-state index contributed by atoms with van der Waals surface area (Å²) in [6, 6.07) is 0. The smallest absolute Gasteiger partial charge is 0.307 e. The molecule has 1 amide bonds. The van der Waals surface area contributed by atoms with Crippen LogP contribution in [-0.2, 0) is 19.1 Å². The molecule has 0 aromatic heterocycles. The van der Waals surface area contributed by atoms with Crippen LogP contribution in [0, 0.1) is 0 Å². The van der Waals surface area contributed by atoms with E-state index in [9.17, 15) is 9.59 Å². The van der Waals surface area contributed by atoms with Crippen molar-refractivity contribution in [2.24, 2.45) is 0 Å². The van der Waals surface area contributed by atoms with Crippen molar-refractivity contribution >= 4 is 11.9 Å². The number of nitrogens with zero attached hydrogens (tertiary/aromatic N) is 1. The minimum Gasteiger partial charge on any atom is -0.466 e. The number of piperidine rings is 1. The first-order valence-electron chi connectivity index (χ1n) is 18.5. The van der Waals surface area contributed by atoms with Gasteiger partial charge in [0.25, 0.3) is 5.91 Å². The Morgan fingerprint density at radius 2 is 1.21 bits per heavy atom. The third-order valence-corrected chi connectivity index (χ3v) is 10.1. The normalized spacial score (nSPS) is 23.7. The van der Waals surface area contributed by atoms with Crippen LogP contribution in [0.3, 0.4) is 0 Å². The average molecular weight is 605 g/mol. The predicted octanol–water partition coefficient (Wildman–Crippen LogP) is 9.38. The number of ether oxygens (including phenoxy) is 2. The average Bonchev–Trinajstić information content (AvgIpc) is 3.12. The van der Waals surface area contributed by atoms with Crippen molar-refractivity contribution in [1.29, 1.82) is 0 Å². The molecular formula is C37H68N2O4. The van der Waals surface area contributed by atoms with Crippen molar-refractivity contribution in [1.82, 2.24) is 10.2 Å². The van der Waals surface area contributed by atoms with E-state index in [0.717, 1.165) is 38.5 Å². The number of amides is 1. The molecule has 2 spiro atoms. The van der Waals surface area contributed by atoms with Crippen LogP contribution in [0.25, 0.3) is 0 Å². The standard InChI is InChI=1S/C37H68N2O4/c1-6-7-8-9-10-11-15-18-21-24-29-42-32(40)25-28-39-33(41)36(30-34(2,3)38-35(4,5)31-36)43-37(39)26-22-19-16-13-12-14-17-20-23-27-37/h38H,6-31H2,1-5H3. The Morgan fingerprint density at radius 3 is 1.72 bits per heavy atom. The quantitative estimate of drug-likeness (QED) is 0.158. The van der Waals surface area contributed by atoms with E-state index in [1.54, 1.807) is 0 Å². The molecule has 3 rings (SSSR count). The second-order valence-corrected chi connectivity index (χ2v) is 15.6. The number of rotatable bonds is 14. The van der Waals surface area contributed by atoms with Crippen molar-refractivity contribution in [2.45, 2.75) is 211 Å². The topological polar surface area (TPSA) is 67.9 Å². The Balaban J connectivity index is 1.58. The first-order valence-corrected chi connectivity index (χ1v) is 18.5. The molecule has 1 saturated carbocycles. The van der Waals surface area contributed by atoms with Gasteiger partial charge in [0.15, 0.2) is 5.60 Å². The Labute approximate surface area is 265 Å². The first kappa shape index (κ1) is 36.3. The molecule has 1 N–H and O–H groups in total. The van der Waals surface area contributed by atoms with Gasteiger partial charge >= 0.3 is 5.97 Å². The lowest BCUT2D eigenvalue weighted by molar-refractivity contribution is -0.177. The molecule has 2 saturated heterocycles. The van der Waals surface area contributed by atoms with Crippen LogP contribution in [0.1, 0.15) is 189 Å². The van der Waals surface area contributed by atoms with Gasteiger partial charge in [0.1, 0.15) is 5.72 Å². The first-order chi connectivity index (χ1) is 20.5. The van der Waals surface area contributed by atoms with Crippen molar-refractivity contribution in [3.8, 4) is 0 Å². The zero-order chi connectivity index (χ0) is 31.2. The van der Waals surface area contributed by atoms with Gasteiger partial charge in [-0.1, -0.05) is 110 Å². The fourth-order valence-corrected chi connectivity index (χ4v) is 8.50. The fraction of sp³-hybridized carbons (Fsp3) is 0.946. The highest BCUT2D eigenvalue weighted by molar-refractivity contribution is 5.89. The maximum Gasteiger partial charge on any atom is 0.307 e. The van der Waals surface area contributed by atoms with Crippen LogP contribution in [0.4, 0.5) is 0 Å². The highest BCUT2D eigenvalue weighted by Crippen LogP contribution is 2.50. The molecule has 6 nitrogen and oxygen atoms in total. The number of esters is 1. The molecule has 1 aliphatic carbocycles. The summed E-state index contributed by atoms with van der Waals surface area (Å²) in [7, 11) is 0. The summed E-state index contributed by atoms with van der Waals surface area (Å²) in [4.78, 5) is 29.4. The minimum atomic E-state index is -0.838. The Hall–Kier alpha value is -1.14. The van der Waals surface area contributed by atoms with E-state index < -0.39 is 11.3 Å². The van der Waals surface area contributed by atoms with E-state index in [-0.39, 0.29) is 29.4 Å². The minimum absolute atomic E-state index is 0.102. The SMILES string of the molecule is CCCCCCCCCCCCOC(=O)CCN1C(=O)C2(CC(C)(C)NC(C)(C)C2)OC12CCCCCCCCCCC2. The van der Waals surface area contributed by atoms with Crippen molar-refractivity contribution in [2.75, 3.05) is 13.2 Å². The molecule has 43 heavy (non-hydrogen) atoms. The Kier molecular flexibility index (Phi) is 14.8. The van der Waals surface area contributed by atoms with Gasteiger partial charge in [0.2, 0.25) is 0 Å². The maximum absolute atomic E-state index is 14.5. The van der Waals surface area contributed by atoms with Crippen LogP contribution < -0.4 is 5.32 Å². The molecule has 2 aliphatic heterocycles. The van der Waals surface area contributed by atoms with E-state index >= 15 is 0 Å². The van der Waals surface area contributed by atoms with Crippen LogP contribution >= 0.6 is 0 Å². The number of hydrogen-bond donors (Lipinski definition) is 1.